The van der Waals surface area contributed by atoms with Crippen LogP contribution in [0.4, 0.5) is 4.39 Å². The number of nitrogens with one attached hydrogen (secondary N) is 1. The van der Waals surface area contributed by atoms with E-state index in [1.807, 2.05) is 0 Å². The summed E-state index contributed by atoms with van der Waals surface area (Å²) < 4.78 is 13.9. The molecule has 1 N–H and O–H groups in total. The van der Waals surface area contributed by atoms with Crippen molar-refractivity contribution >= 4 is 21.8 Å². The van der Waals surface area contributed by atoms with Gasteiger partial charge in [-0.15, -0.1) is 0 Å². The highest BCUT2D eigenvalue weighted by atomic mass is 79.9. The molecule has 0 unspecified atom stereocenters. The second-order valence-corrected chi connectivity index (χ2v) is 8.05. The Morgan fingerprint density at radius 2 is 1.71 bits per heavy atom. The Balaban J connectivity index is 1.58. The van der Waals surface area contributed by atoms with E-state index in [2.05, 4.69) is 21.2 Å². The molecule has 5 rings (SSSR count). The standard InChI is InChI=1S/C17H19BrFNO/c18-15-13(2-1-3-14(15)19)16(21)20-17-7-10-4-11(8-17)6-12(5-10)9-17/h1-3,10-12H,4-9H2,(H,20,21). The SMILES string of the molecule is O=C(NC12CC3CC(CC(C3)C1)C2)c1cccc(F)c1Br. The minimum absolute atomic E-state index is 0.0302. The number of halogens is 2. The smallest absolute Gasteiger partial charge is 0.252 e. The lowest BCUT2D eigenvalue weighted by atomic mass is 9.53. The number of carbonyl (C=O) groups is 1. The van der Waals surface area contributed by atoms with E-state index in [-0.39, 0.29) is 21.7 Å². The van der Waals surface area contributed by atoms with Gasteiger partial charge in [0.2, 0.25) is 0 Å². The van der Waals surface area contributed by atoms with Crippen LogP contribution in [-0.2, 0) is 0 Å². The lowest BCUT2D eigenvalue weighted by Crippen LogP contribution is -2.59. The fraction of sp³-hybridized carbons (Fsp3) is 0.588. The molecule has 0 atom stereocenters. The van der Waals surface area contributed by atoms with Gasteiger partial charge < -0.3 is 5.32 Å². The molecule has 1 aromatic carbocycles. The van der Waals surface area contributed by atoms with Crippen molar-refractivity contribution in [2.24, 2.45) is 17.8 Å². The van der Waals surface area contributed by atoms with E-state index in [1.165, 1.54) is 25.3 Å². The largest absolute Gasteiger partial charge is 0.347 e. The van der Waals surface area contributed by atoms with Crippen molar-refractivity contribution in [2.45, 2.75) is 44.1 Å². The van der Waals surface area contributed by atoms with Crippen molar-refractivity contribution < 1.29 is 9.18 Å². The zero-order valence-corrected chi connectivity index (χ0v) is 13.5. The van der Waals surface area contributed by atoms with Gasteiger partial charge in [0, 0.05) is 5.54 Å². The van der Waals surface area contributed by atoms with Gasteiger partial charge in [-0.2, -0.15) is 0 Å². The first-order valence-corrected chi connectivity index (χ1v) is 8.60. The van der Waals surface area contributed by atoms with Crippen LogP contribution in [0.3, 0.4) is 0 Å². The van der Waals surface area contributed by atoms with Crippen molar-refractivity contribution in [3.63, 3.8) is 0 Å². The third kappa shape index (κ3) is 2.32. The predicted octanol–water partition coefficient (Wildman–Crippen LogP) is 4.29. The second-order valence-electron chi connectivity index (χ2n) is 7.25. The summed E-state index contributed by atoms with van der Waals surface area (Å²) in [5.41, 5.74) is 0.378. The molecule has 0 heterocycles. The molecule has 112 valence electrons. The molecule has 4 bridgehead atoms. The Bertz CT molecular complexity index is 565. The van der Waals surface area contributed by atoms with Gasteiger partial charge in [-0.05, 0) is 84.3 Å². The topological polar surface area (TPSA) is 29.1 Å². The van der Waals surface area contributed by atoms with E-state index in [1.54, 1.807) is 12.1 Å². The third-order valence-electron chi connectivity index (χ3n) is 5.61. The van der Waals surface area contributed by atoms with Gasteiger partial charge in [0.25, 0.3) is 5.91 Å². The minimum atomic E-state index is -0.381. The van der Waals surface area contributed by atoms with Crippen molar-refractivity contribution in [1.29, 1.82) is 0 Å². The van der Waals surface area contributed by atoms with Crippen LogP contribution in [0.5, 0.6) is 0 Å². The van der Waals surface area contributed by atoms with Gasteiger partial charge in [0.1, 0.15) is 5.82 Å². The molecule has 0 radical (unpaired) electrons. The summed E-state index contributed by atoms with van der Waals surface area (Å²) in [4.78, 5) is 12.6. The van der Waals surface area contributed by atoms with Crippen LogP contribution in [0.2, 0.25) is 0 Å². The van der Waals surface area contributed by atoms with E-state index in [0.717, 1.165) is 37.0 Å². The van der Waals surface area contributed by atoms with Crippen LogP contribution in [0, 0.1) is 23.6 Å². The van der Waals surface area contributed by atoms with Crippen molar-refractivity contribution in [3.8, 4) is 0 Å². The predicted molar refractivity (Wildman–Crippen MR) is 82.5 cm³/mol. The molecular formula is C17H19BrFNO. The summed E-state index contributed by atoms with van der Waals surface area (Å²) >= 11 is 3.20. The molecule has 0 saturated heterocycles. The van der Waals surface area contributed by atoms with Crippen molar-refractivity contribution in [3.05, 3.63) is 34.1 Å². The summed E-state index contributed by atoms with van der Waals surface area (Å²) in [6.07, 6.45) is 7.36. The minimum Gasteiger partial charge on any atom is -0.347 e. The maximum atomic E-state index is 13.6. The first-order chi connectivity index (χ1) is 10.0. The molecule has 21 heavy (non-hydrogen) atoms. The van der Waals surface area contributed by atoms with Gasteiger partial charge in [-0.1, -0.05) is 6.07 Å². The van der Waals surface area contributed by atoms with Gasteiger partial charge in [-0.25, -0.2) is 4.39 Å². The van der Waals surface area contributed by atoms with Crippen molar-refractivity contribution in [2.75, 3.05) is 0 Å². The quantitative estimate of drug-likeness (QED) is 0.846. The van der Waals surface area contributed by atoms with Gasteiger partial charge >= 0.3 is 0 Å². The van der Waals surface area contributed by atoms with E-state index in [0.29, 0.717) is 5.56 Å². The Hall–Kier alpha value is -0.900. The number of rotatable bonds is 2. The first kappa shape index (κ1) is 13.7. The zero-order chi connectivity index (χ0) is 14.6. The molecule has 4 heteroatoms. The number of hydrogen-bond donors (Lipinski definition) is 1. The van der Waals surface area contributed by atoms with Crippen LogP contribution in [0.1, 0.15) is 48.9 Å². The molecule has 0 spiro atoms. The highest BCUT2D eigenvalue weighted by Crippen LogP contribution is 2.55. The molecule has 4 aliphatic rings. The van der Waals surface area contributed by atoms with Gasteiger partial charge in [0.05, 0.1) is 10.0 Å². The van der Waals surface area contributed by atoms with Crippen LogP contribution in [0.25, 0.3) is 0 Å². The molecule has 2 nitrogen and oxygen atoms in total. The van der Waals surface area contributed by atoms with Crippen LogP contribution in [0.15, 0.2) is 22.7 Å². The van der Waals surface area contributed by atoms with Gasteiger partial charge in [0.15, 0.2) is 0 Å². The number of carbonyl (C=O) groups excluding carboxylic acids is 1. The Kier molecular flexibility index (Phi) is 3.14. The summed E-state index contributed by atoms with van der Waals surface area (Å²) in [5, 5.41) is 3.27. The highest BCUT2D eigenvalue weighted by molar-refractivity contribution is 9.10. The molecule has 4 saturated carbocycles. The molecule has 4 aliphatic carbocycles. The van der Waals surface area contributed by atoms with E-state index in [9.17, 15) is 9.18 Å². The van der Waals surface area contributed by atoms with Crippen LogP contribution >= 0.6 is 15.9 Å². The molecule has 4 fully saturated rings. The number of amides is 1. The number of hydrogen-bond acceptors (Lipinski definition) is 1. The van der Waals surface area contributed by atoms with Crippen molar-refractivity contribution in [1.82, 2.24) is 5.32 Å². The average molecular weight is 352 g/mol. The molecule has 1 aromatic rings. The molecule has 1 amide bonds. The first-order valence-electron chi connectivity index (χ1n) is 7.81. The summed E-state index contributed by atoms with van der Waals surface area (Å²) in [7, 11) is 0. The summed E-state index contributed by atoms with van der Waals surface area (Å²) in [5.74, 6) is 1.84. The molecule has 0 aliphatic heterocycles. The lowest BCUT2D eigenvalue weighted by Gasteiger charge is -2.56. The summed E-state index contributed by atoms with van der Waals surface area (Å²) in [6, 6.07) is 4.64. The fourth-order valence-electron chi connectivity index (χ4n) is 5.25. The average Bonchev–Trinajstić information content (AvgIpc) is 2.39. The Labute approximate surface area is 132 Å². The Morgan fingerprint density at radius 1 is 1.14 bits per heavy atom. The normalized spacial score (nSPS) is 36.8. The van der Waals surface area contributed by atoms with Crippen LogP contribution in [-0.4, -0.2) is 11.4 Å². The monoisotopic (exact) mass is 351 g/mol. The third-order valence-corrected chi connectivity index (χ3v) is 6.42. The zero-order valence-electron chi connectivity index (χ0n) is 11.9. The lowest BCUT2D eigenvalue weighted by molar-refractivity contribution is -0.0167. The van der Waals surface area contributed by atoms with Crippen LogP contribution < -0.4 is 5.32 Å². The summed E-state index contributed by atoms with van der Waals surface area (Å²) in [6.45, 7) is 0. The maximum absolute atomic E-state index is 13.6. The molecule has 0 aromatic heterocycles. The second kappa shape index (κ2) is 4.80. The Morgan fingerprint density at radius 3 is 2.29 bits per heavy atom. The fourth-order valence-corrected chi connectivity index (χ4v) is 5.70. The molecular weight excluding hydrogens is 333 g/mol. The van der Waals surface area contributed by atoms with E-state index < -0.39 is 0 Å². The van der Waals surface area contributed by atoms with Gasteiger partial charge in [-0.3, -0.25) is 4.79 Å². The number of benzene rings is 1. The van der Waals surface area contributed by atoms with E-state index in [4.69, 9.17) is 0 Å². The highest BCUT2D eigenvalue weighted by Gasteiger charge is 2.51. The maximum Gasteiger partial charge on any atom is 0.252 e. The van der Waals surface area contributed by atoms with E-state index >= 15 is 0 Å².